The van der Waals surface area contributed by atoms with Gasteiger partial charge in [0.05, 0.1) is 18.9 Å². The lowest BCUT2D eigenvalue weighted by Crippen LogP contribution is -2.60. The Kier molecular flexibility index (Phi) is 8.84. The van der Waals surface area contributed by atoms with Crippen molar-refractivity contribution < 1.29 is 19.4 Å². The maximum Gasteiger partial charge on any atom is 0.417 e. The van der Waals surface area contributed by atoms with Gasteiger partial charge in [0.25, 0.3) is 0 Å². The number of nitriles is 1. The topological polar surface area (TPSA) is 175 Å². The van der Waals surface area contributed by atoms with E-state index in [4.69, 9.17) is 9.47 Å². The minimum atomic E-state index is -0.800. The fraction of sp³-hybridized carbons (Fsp3) is 0.375. The van der Waals surface area contributed by atoms with Crippen LogP contribution in [0, 0.1) is 11.3 Å². The highest BCUT2D eigenvalue weighted by Gasteiger charge is 2.39. The summed E-state index contributed by atoms with van der Waals surface area (Å²) in [6, 6.07) is 11.8. The first kappa shape index (κ1) is 30.6. The predicted molar refractivity (Wildman–Crippen MR) is 168 cm³/mol. The third kappa shape index (κ3) is 6.94. The number of aliphatic hydroxyl groups is 1. The smallest absolute Gasteiger partial charge is 0.417 e. The number of anilines is 3. The molecule has 0 atom stereocenters. The molecule has 2 aliphatic rings. The van der Waals surface area contributed by atoms with E-state index in [0.717, 1.165) is 18.4 Å². The third-order valence-electron chi connectivity index (χ3n) is 8.05. The molecule has 236 valence electrons. The van der Waals surface area contributed by atoms with E-state index in [0.29, 0.717) is 54.4 Å². The van der Waals surface area contributed by atoms with Crippen LogP contribution in [0.1, 0.15) is 43.7 Å². The van der Waals surface area contributed by atoms with Gasteiger partial charge in [-0.2, -0.15) is 10.2 Å². The number of aromatic nitrogens is 6. The molecule has 1 saturated heterocycles. The average molecular weight is 623 g/mol. The van der Waals surface area contributed by atoms with Crippen molar-refractivity contribution in [3.8, 4) is 23.2 Å². The van der Waals surface area contributed by atoms with Crippen LogP contribution < -0.4 is 19.9 Å². The van der Waals surface area contributed by atoms with Crippen LogP contribution in [0.25, 0.3) is 11.1 Å². The van der Waals surface area contributed by atoms with Crippen LogP contribution in [0.4, 0.5) is 22.5 Å². The Hall–Kier alpha value is -5.42. The van der Waals surface area contributed by atoms with E-state index in [-0.39, 0.29) is 30.6 Å². The second-order valence-corrected chi connectivity index (χ2v) is 11.7. The van der Waals surface area contributed by atoms with Gasteiger partial charge in [-0.15, -0.1) is 0 Å². The molecule has 0 unspecified atom stereocenters. The highest BCUT2D eigenvalue weighted by molar-refractivity contribution is 5.86. The lowest BCUT2D eigenvalue weighted by Gasteiger charge is -2.45. The molecule has 1 amide bonds. The molecule has 14 heteroatoms. The van der Waals surface area contributed by atoms with Gasteiger partial charge in [0.15, 0.2) is 5.82 Å². The van der Waals surface area contributed by atoms with E-state index in [1.54, 1.807) is 36.6 Å². The molecule has 4 heterocycles. The molecule has 1 saturated carbocycles. The van der Waals surface area contributed by atoms with Gasteiger partial charge < -0.3 is 24.8 Å². The summed E-state index contributed by atoms with van der Waals surface area (Å²) in [5, 5.41) is 23.1. The first-order valence-corrected chi connectivity index (χ1v) is 15.0. The first-order valence-electron chi connectivity index (χ1n) is 15.0. The minimum absolute atomic E-state index is 0.0529. The van der Waals surface area contributed by atoms with Crippen LogP contribution in [-0.4, -0.2) is 79.0 Å². The number of rotatable bonds is 9. The number of hydrogen-bond donors (Lipinski definition) is 2. The Morgan fingerprint density at radius 3 is 2.28 bits per heavy atom. The van der Waals surface area contributed by atoms with Gasteiger partial charge >= 0.3 is 12.1 Å². The third-order valence-corrected chi connectivity index (χ3v) is 8.05. The van der Waals surface area contributed by atoms with Gasteiger partial charge in [-0.25, -0.2) is 34.6 Å². The molecule has 1 aliphatic heterocycles. The number of carbonyl (C=O) groups is 1. The molecule has 1 aromatic carbocycles. The summed E-state index contributed by atoms with van der Waals surface area (Å²) >= 11 is 0. The number of nitrogens with one attached hydrogen (secondary N) is 1. The molecule has 0 radical (unpaired) electrons. The van der Waals surface area contributed by atoms with Crippen LogP contribution in [0.2, 0.25) is 0 Å². The number of nitrogens with zero attached hydrogens (tertiary/aromatic N) is 9. The number of carbonyl (C=O) groups excluding carboxylic acids is 1. The normalized spacial score (nSPS) is 18.5. The number of β-amino-alcohol motifs (C(OH)–C–C–N with tert-alkyl or cyclic N) is 1. The van der Waals surface area contributed by atoms with Crippen molar-refractivity contribution in [2.75, 3.05) is 35.3 Å². The van der Waals surface area contributed by atoms with Crippen LogP contribution in [-0.2, 0) is 11.3 Å². The second-order valence-electron chi connectivity index (χ2n) is 11.7. The molecular formula is C32H34N10O4. The van der Waals surface area contributed by atoms with Crippen LogP contribution in [0.15, 0.2) is 61.3 Å². The summed E-state index contributed by atoms with van der Waals surface area (Å²) in [4.78, 5) is 43.3. The predicted octanol–water partition coefficient (Wildman–Crippen LogP) is 3.74. The van der Waals surface area contributed by atoms with E-state index in [2.05, 4.69) is 41.3 Å². The Labute approximate surface area is 266 Å². The van der Waals surface area contributed by atoms with E-state index >= 15 is 0 Å². The second kappa shape index (κ2) is 13.3. The van der Waals surface area contributed by atoms with Gasteiger partial charge in [0.2, 0.25) is 11.9 Å². The van der Waals surface area contributed by atoms with E-state index in [1.165, 1.54) is 13.3 Å². The van der Waals surface area contributed by atoms with Gasteiger partial charge in [-0.3, -0.25) is 0 Å². The number of hydrogen-bond acceptors (Lipinski definition) is 13. The van der Waals surface area contributed by atoms with Gasteiger partial charge in [0.1, 0.15) is 18.2 Å². The average Bonchev–Trinajstić information content (AvgIpc) is 3.08. The summed E-state index contributed by atoms with van der Waals surface area (Å²) in [7, 11) is 1.50. The van der Waals surface area contributed by atoms with Crippen LogP contribution in [0.3, 0.4) is 0 Å². The van der Waals surface area contributed by atoms with Crippen molar-refractivity contribution >= 4 is 23.8 Å². The lowest BCUT2D eigenvalue weighted by atomic mass is 9.90. The summed E-state index contributed by atoms with van der Waals surface area (Å²) in [5.41, 5.74) is 1.85. The summed E-state index contributed by atoms with van der Waals surface area (Å²) in [6.45, 7) is 2.68. The Morgan fingerprint density at radius 1 is 1.02 bits per heavy atom. The summed E-state index contributed by atoms with van der Waals surface area (Å²) in [6.07, 6.45) is 10.3. The van der Waals surface area contributed by atoms with E-state index in [9.17, 15) is 15.2 Å². The van der Waals surface area contributed by atoms with Crippen molar-refractivity contribution in [3.63, 3.8) is 0 Å². The van der Waals surface area contributed by atoms with Crippen LogP contribution >= 0.6 is 0 Å². The quantitative estimate of drug-likeness (QED) is 0.276. The van der Waals surface area contributed by atoms with Gasteiger partial charge in [0, 0.05) is 61.1 Å². The number of ether oxygens (including phenoxy) is 2. The largest absolute Gasteiger partial charge is 0.467 e. The highest BCUT2D eigenvalue weighted by Crippen LogP contribution is 2.31. The lowest BCUT2D eigenvalue weighted by molar-refractivity contribution is 0.0305. The minimum Gasteiger partial charge on any atom is -0.467 e. The standard InChI is InChI=1S/C32H34N10O4/c1-32(44)19-41(20-32)27-22(12-33)13-34-28(40-27)39-25-8-10-26(11-9-25)42(31(43)46-18-21-6-4-3-5-7-21)29-35-14-23(15-36-29)24-16-37-30(45-2)38-17-24/h3-7,13-17,25-26,44H,8-11,18-20H2,1-2H3,(H,34,39,40). The van der Waals surface area contributed by atoms with Crippen molar-refractivity contribution in [2.45, 2.75) is 56.9 Å². The molecule has 3 aromatic heterocycles. The number of amides is 1. The summed E-state index contributed by atoms with van der Waals surface area (Å²) < 4.78 is 10.8. The fourth-order valence-corrected chi connectivity index (χ4v) is 5.70. The zero-order valence-electron chi connectivity index (χ0n) is 25.6. The first-order chi connectivity index (χ1) is 22.3. The molecule has 1 aliphatic carbocycles. The zero-order chi connectivity index (χ0) is 32.1. The monoisotopic (exact) mass is 622 g/mol. The molecule has 6 rings (SSSR count). The van der Waals surface area contributed by atoms with Crippen molar-refractivity contribution in [1.29, 1.82) is 5.26 Å². The SMILES string of the molecule is COc1ncc(-c2cnc(N(C(=O)OCc3ccccc3)C3CCC(Nc4ncc(C#N)c(N5CC(C)(O)C5)n4)CC3)nc2)cn1. The Morgan fingerprint density at radius 2 is 1.67 bits per heavy atom. The molecule has 0 spiro atoms. The Balaban J connectivity index is 1.15. The number of methoxy groups -OCH3 is 1. The zero-order valence-corrected chi connectivity index (χ0v) is 25.6. The molecular weight excluding hydrogens is 588 g/mol. The van der Waals surface area contributed by atoms with E-state index in [1.807, 2.05) is 35.2 Å². The van der Waals surface area contributed by atoms with Crippen molar-refractivity contribution in [2.24, 2.45) is 0 Å². The molecule has 0 bridgehead atoms. The van der Waals surface area contributed by atoms with E-state index < -0.39 is 11.7 Å². The maximum atomic E-state index is 13.6. The molecule has 14 nitrogen and oxygen atoms in total. The van der Waals surface area contributed by atoms with Gasteiger partial charge in [-0.1, -0.05) is 30.3 Å². The van der Waals surface area contributed by atoms with Gasteiger partial charge in [-0.05, 0) is 38.2 Å². The fourth-order valence-electron chi connectivity index (χ4n) is 5.70. The molecule has 2 fully saturated rings. The van der Waals surface area contributed by atoms with Crippen molar-refractivity contribution in [1.82, 2.24) is 29.9 Å². The molecule has 4 aromatic rings. The summed E-state index contributed by atoms with van der Waals surface area (Å²) in [5.74, 6) is 1.18. The maximum absolute atomic E-state index is 13.6. The Bertz CT molecular complexity index is 1680. The number of benzene rings is 1. The highest BCUT2D eigenvalue weighted by atomic mass is 16.6. The molecule has 46 heavy (non-hydrogen) atoms. The molecule has 2 N–H and O–H groups in total. The van der Waals surface area contributed by atoms with Crippen LogP contribution in [0.5, 0.6) is 6.01 Å². The van der Waals surface area contributed by atoms with Crippen molar-refractivity contribution in [3.05, 3.63) is 72.4 Å².